The van der Waals surface area contributed by atoms with Gasteiger partial charge in [0, 0.05) is 6.04 Å². The van der Waals surface area contributed by atoms with E-state index in [9.17, 15) is 0 Å². The van der Waals surface area contributed by atoms with E-state index in [1.54, 1.807) is 5.56 Å². The lowest BCUT2D eigenvalue weighted by molar-refractivity contribution is 0.155. The van der Waals surface area contributed by atoms with Gasteiger partial charge < -0.3 is 10.6 Å². The van der Waals surface area contributed by atoms with Gasteiger partial charge in [0.1, 0.15) is 0 Å². The molecule has 0 radical (unpaired) electrons. The second kappa shape index (κ2) is 3.86. The highest BCUT2D eigenvalue weighted by molar-refractivity contribution is 5.38. The molecule has 0 aromatic heterocycles. The smallest absolute Gasteiger partial charge is 0.0381 e. The average Bonchev–Trinajstić information content (AvgIpc) is 2.62. The Kier molecular flexibility index (Phi) is 2.49. The van der Waals surface area contributed by atoms with Crippen molar-refractivity contribution in [1.29, 1.82) is 0 Å². The lowest BCUT2D eigenvalue weighted by Crippen LogP contribution is -2.42. The molecule has 1 aromatic carbocycles. The standard InChI is InChI=1S/C14H20N2/c1-15-13-12-5-3-2-4-11(12)10-14(13)6-8-16-9-7-14/h2-5,13,15-16H,6-10H2,1H3/t13-/m1/s1. The average molecular weight is 216 g/mol. The normalized spacial score (nSPS) is 26.9. The summed E-state index contributed by atoms with van der Waals surface area (Å²) in [6.07, 6.45) is 3.86. The molecule has 0 unspecified atom stereocenters. The van der Waals surface area contributed by atoms with E-state index in [0.29, 0.717) is 11.5 Å². The highest BCUT2D eigenvalue weighted by Gasteiger charge is 2.45. The molecule has 1 atom stereocenters. The van der Waals surface area contributed by atoms with Crippen LogP contribution in [0.5, 0.6) is 0 Å². The molecule has 0 amide bonds. The number of fused-ring (bicyclic) bond motifs is 1. The maximum absolute atomic E-state index is 3.55. The van der Waals surface area contributed by atoms with Gasteiger partial charge in [-0.3, -0.25) is 0 Å². The third-order valence-electron chi connectivity index (χ3n) is 4.41. The van der Waals surface area contributed by atoms with Gasteiger partial charge in [-0.1, -0.05) is 24.3 Å². The molecular formula is C14H20N2. The van der Waals surface area contributed by atoms with Gasteiger partial charge in [0.15, 0.2) is 0 Å². The summed E-state index contributed by atoms with van der Waals surface area (Å²) in [4.78, 5) is 0. The SMILES string of the molecule is CN[C@@H]1c2ccccc2CC12CCNCC2. The van der Waals surface area contributed by atoms with Gasteiger partial charge in [0.05, 0.1) is 0 Å². The minimum Gasteiger partial charge on any atom is -0.317 e. The molecule has 2 nitrogen and oxygen atoms in total. The van der Waals surface area contributed by atoms with Crippen LogP contribution in [0.1, 0.15) is 30.0 Å². The molecule has 1 heterocycles. The quantitative estimate of drug-likeness (QED) is 0.749. The van der Waals surface area contributed by atoms with Crippen LogP contribution in [0, 0.1) is 5.41 Å². The van der Waals surface area contributed by atoms with Crippen molar-refractivity contribution < 1.29 is 0 Å². The molecule has 0 bridgehead atoms. The molecule has 1 saturated heterocycles. The second-order valence-corrected chi connectivity index (χ2v) is 5.21. The van der Waals surface area contributed by atoms with E-state index >= 15 is 0 Å². The molecule has 2 aliphatic rings. The Balaban J connectivity index is 1.99. The lowest BCUT2D eigenvalue weighted by Gasteiger charge is -2.39. The highest BCUT2D eigenvalue weighted by atomic mass is 14.9. The monoisotopic (exact) mass is 216 g/mol. The molecule has 2 heteroatoms. The Labute approximate surface area is 97.4 Å². The van der Waals surface area contributed by atoms with Crippen LogP contribution in [0.15, 0.2) is 24.3 Å². The van der Waals surface area contributed by atoms with Crippen molar-refractivity contribution in [2.24, 2.45) is 5.41 Å². The van der Waals surface area contributed by atoms with E-state index < -0.39 is 0 Å². The zero-order chi connectivity index (χ0) is 11.0. The molecule has 1 spiro atoms. The fourth-order valence-electron chi connectivity index (χ4n) is 3.64. The Morgan fingerprint density at radius 3 is 2.75 bits per heavy atom. The van der Waals surface area contributed by atoms with Gasteiger partial charge in [0.25, 0.3) is 0 Å². The fraction of sp³-hybridized carbons (Fsp3) is 0.571. The van der Waals surface area contributed by atoms with Gasteiger partial charge in [-0.25, -0.2) is 0 Å². The third-order valence-corrected chi connectivity index (χ3v) is 4.41. The summed E-state index contributed by atoms with van der Waals surface area (Å²) in [5.74, 6) is 0. The lowest BCUT2D eigenvalue weighted by atomic mass is 9.73. The van der Waals surface area contributed by atoms with Crippen LogP contribution >= 0.6 is 0 Å². The summed E-state index contributed by atoms with van der Waals surface area (Å²) in [5, 5.41) is 7.03. The predicted octanol–water partition coefficient (Wildman–Crippen LogP) is 1.87. The fourth-order valence-corrected chi connectivity index (χ4v) is 3.64. The number of hydrogen-bond acceptors (Lipinski definition) is 2. The molecule has 1 fully saturated rings. The third kappa shape index (κ3) is 1.40. The van der Waals surface area contributed by atoms with E-state index in [1.807, 2.05) is 0 Å². The van der Waals surface area contributed by atoms with E-state index in [-0.39, 0.29) is 0 Å². The summed E-state index contributed by atoms with van der Waals surface area (Å²) in [7, 11) is 2.11. The summed E-state index contributed by atoms with van der Waals surface area (Å²) in [6.45, 7) is 2.35. The van der Waals surface area contributed by atoms with Gasteiger partial charge in [-0.05, 0) is 55.9 Å². The van der Waals surface area contributed by atoms with Crippen LogP contribution in [0.4, 0.5) is 0 Å². The van der Waals surface area contributed by atoms with Gasteiger partial charge in [-0.2, -0.15) is 0 Å². The number of rotatable bonds is 1. The van der Waals surface area contributed by atoms with E-state index in [0.717, 1.165) is 0 Å². The zero-order valence-corrected chi connectivity index (χ0v) is 9.92. The van der Waals surface area contributed by atoms with Crippen LogP contribution in [-0.2, 0) is 6.42 Å². The van der Waals surface area contributed by atoms with Crippen molar-refractivity contribution >= 4 is 0 Å². The summed E-state index contributed by atoms with van der Waals surface area (Å²) in [5.41, 5.74) is 3.57. The maximum Gasteiger partial charge on any atom is 0.0381 e. The van der Waals surface area contributed by atoms with Crippen LogP contribution in [-0.4, -0.2) is 20.1 Å². The van der Waals surface area contributed by atoms with E-state index in [2.05, 4.69) is 41.9 Å². The van der Waals surface area contributed by atoms with Crippen LogP contribution in [0.2, 0.25) is 0 Å². The number of hydrogen-bond donors (Lipinski definition) is 2. The molecule has 1 aromatic rings. The van der Waals surface area contributed by atoms with Crippen molar-refractivity contribution in [3.05, 3.63) is 35.4 Å². The van der Waals surface area contributed by atoms with Crippen LogP contribution < -0.4 is 10.6 Å². The Morgan fingerprint density at radius 2 is 2.00 bits per heavy atom. The Bertz CT molecular complexity index is 380. The largest absolute Gasteiger partial charge is 0.317 e. The summed E-state index contributed by atoms with van der Waals surface area (Å²) < 4.78 is 0. The van der Waals surface area contributed by atoms with Crippen molar-refractivity contribution in [1.82, 2.24) is 10.6 Å². The second-order valence-electron chi connectivity index (χ2n) is 5.21. The van der Waals surface area contributed by atoms with Crippen molar-refractivity contribution in [2.75, 3.05) is 20.1 Å². The van der Waals surface area contributed by atoms with Crippen molar-refractivity contribution in [3.63, 3.8) is 0 Å². The number of piperidine rings is 1. The molecule has 2 N–H and O–H groups in total. The Hall–Kier alpha value is -0.860. The highest BCUT2D eigenvalue weighted by Crippen LogP contribution is 2.50. The van der Waals surface area contributed by atoms with Crippen LogP contribution in [0.25, 0.3) is 0 Å². The Morgan fingerprint density at radius 1 is 1.25 bits per heavy atom. The number of benzene rings is 1. The molecule has 86 valence electrons. The first-order chi connectivity index (χ1) is 7.86. The van der Waals surface area contributed by atoms with Crippen molar-refractivity contribution in [2.45, 2.75) is 25.3 Å². The molecule has 3 rings (SSSR count). The molecule has 16 heavy (non-hydrogen) atoms. The summed E-state index contributed by atoms with van der Waals surface area (Å²) in [6, 6.07) is 9.50. The maximum atomic E-state index is 3.55. The van der Waals surface area contributed by atoms with E-state index in [4.69, 9.17) is 0 Å². The molecule has 1 aliphatic carbocycles. The topological polar surface area (TPSA) is 24.1 Å². The van der Waals surface area contributed by atoms with Crippen LogP contribution in [0.3, 0.4) is 0 Å². The minimum atomic E-state index is 0.476. The molecular weight excluding hydrogens is 196 g/mol. The van der Waals surface area contributed by atoms with Crippen molar-refractivity contribution in [3.8, 4) is 0 Å². The first-order valence-corrected chi connectivity index (χ1v) is 6.31. The molecule has 0 saturated carbocycles. The minimum absolute atomic E-state index is 0.476. The predicted molar refractivity (Wildman–Crippen MR) is 66.5 cm³/mol. The zero-order valence-electron chi connectivity index (χ0n) is 9.92. The van der Waals surface area contributed by atoms with E-state index in [1.165, 1.54) is 37.9 Å². The van der Waals surface area contributed by atoms with Gasteiger partial charge >= 0.3 is 0 Å². The number of nitrogens with one attached hydrogen (secondary N) is 2. The summed E-state index contributed by atoms with van der Waals surface area (Å²) >= 11 is 0. The molecule has 1 aliphatic heterocycles. The first-order valence-electron chi connectivity index (χ1n) is 6.31. The van der Waals surface area contributed by atoms with Gasteiger partial charge in [-0.15, -0.1) is 0 Å². The first kappa shape index (κ1) is 10.3. The van der Waals surface area contributed by atoms with Gasteiger partial charge in [0.2, 0.25) is 0 Å².